The summed E-state index contributed by atoms with van der Waals surface area (Å²) in [6, 6.07) is 0. The molecule has 15 nitrogen and oxygen atoms in total. The standard InChI is InChI=1S/C40H80NO4.C32H63NO4.C28H55NO4.C2H6/c1-5-7-9-11-13-15-17-19-20-22-24-26-28-30-32-34-40(43)45-38-36-41(3,4)35-37-44-39(42)33-31-29-27-25-23-21-18-16-14-12-10-8-6-2;1-3-5-7-9-11-13-15-17-19-21-23-25-31(34)36-29-27-33-28-30-37-32(35)26-24-22-20-18-16-14-12-10-8-6-4-2;1-3-5-7-9-11-13-15-17-19-21-27(30)32-25-23-29-24-26-33-28(31)22-20-18-16-14-12-10-8-6-4-2;1-2/h5-38H2,1-4H3;33H,3-30H2,1-2H3;29H,3-26H2,1-2H3;1-2H3/q+1;;;/p+1. The van der Waals surface area contributed by atoms with Crippen LogP contribution >= 0.6 is 0 Å². The Hall–Kier alpha value is -3.30. The van der Waals surface area contributed by atoms with Crippen molar-refractivity contribution in [2.75, 3.05) is 93.0 Å². The Labute approximate surface area is 727 Å². The van der Waals surface area contributed by atoms with Crippen LogP contribution in [-0.2, 0) is 57.2 Å². The molecule has 0 aromatic rings. The fourth-order valence-electron chi connectivity index (χ4n) is 14.6. The Morgan fingerprint density at radius 2 is 0.342 bits per heavy atom. The third-order valence-corrected chi connectivity index (χ3v) is 22.6. The molecule has 117 heavy (non-hydrogen) atoms. The third-order valence-electron chi connectivity index (χ3n) is 22.6. The summed E-state index contributed by atoms with van der Waals surface area (Å²) in [6.45, 7) is 24.2. The maximum Gasteiger partial charge on any atom is 0.305 e. The van der Waals surface area contributed by atoms with Crippen LogP contribution in [0.5, 0.6) is 0 Å². The normalized spacial score (nSPS) is 11.1. The zero-order chi connectivity index (χ0) is 86.4. The number of hydrogen-bond donors (Lipinski definition) is 2. The molecule has 0 saturated carbocycles. The van der Waals surface area contributed by atoms with E-state index in [1.165, 1.54) is 360 Å². The van der Waals surface area contributed by atoms with E-state index >= 15 is 0 Å². The van der Waals surface area contributed by atoms with Crippen molar-refractivity contribution >= 4 is 35.8 Å². The maximum atomic E-state index is 12.1. The first-order valence-electron chi connectivity index (χ1n) is 51.6. The van der Waals surface area contributed by atoms with Crippen molar-refractivity contribution in [3.8, 4) is 0 Å². The molecule has 0 radical (unpaired) electrons. The Morgan fingerprint density at radius 3 is 0.504 bits per heavy atom. The van der Waals surface area contributed by atoms with E-state index in [2.05, 4.69) is 61.0 Å². The summed E-state index contributed by atoms with van der Waals surface area (Å²) in [5.74, 6) is -0.522. The van der Waals surface area contributed by atoms with Gasteiger partial charge < -0.3 is 43.5 Å². The van der Waals surface area contributed by atoms with Gasteiger partial charge in [-0.3, -0.25) is 28.8 Å². The quantitative estimate of drug-likeness (QED) is 0.0254. The van der Waals surface area contributed by atoms with Crippen LogP contribution in [0, 0.1) is 0 Å². The fraction of sp³-hybridized carbons (Fsp3) is 0.941. The number of ether oxygens (including phenoxy) is 6. The summed E-state index contributed by atoms with van der Waals surface area (Å²) in [4.78, 5) is 71.4. The van der Waals surface area contributed by atoms with Crippen LogP contribution in [0.2, 0.25) is 0 Å². The van der Waals surface area contributed by atoms with Crippen molar-refractivity contribution in [3.63, 3.8) is 0 Å². The zero-order valence-corrected chi connectivity index (χ0v) is 80.2. The van der Waals surface area contributed by atoms with Gasteiger partial charge >= 0.3 is 35.8 Å². The van der Waals surface area contributed by atoms with Gasteiger partial charge in [0.15, 0.2) is 0 Å². The van der Waals surface area contributed by atoms with Crippen LogP contribution in [0.4, 0.5) is 0 Å². The lowest BCUT2D eigenvalue weighted by Gasteiger charge is -2.29. The third kappa shape index (κ3) is 113. The first-order chi connectivity index (χ1) is 57.3. The Morgan fingerprint density at radius 1 is 0.205 bits per heavy atom. The largest absolute Gasteiger partial charge is 0.464 e. The minimum atomic E-state index is -0.101. The maximum absolute atomic E-state index is 12.1. The van der Waals surface area contributed by atoms with Crippen LogP contribution in [0.25, 0.3) is 0 Å². The molecule has 0 spiro atoms. The lowest BCUT2D eigenvalue weighted by atomic mass is 10.0. The van der Waals surface area contributed by atoms with Gasteiger partial charge in [0.2, 0.25) is 0 Å². The molecule has 0 unspecified atom stereocenters. The summed E-state index contributed by atoms with van der Waals surface area (Å²) in [7, 11) is 4.20. The molecule has 0 aromatic heterocycles. The van der Waals surface area contributed by atoms with Crippen molar-refractivity contribution in [3.05, 3.63) is 0 Å². The average molecular weight is 1670 g/mol. The van der Waals surface area contributed by atoms with E-state index in [1.54, 1.807) is 0 Å². The number of rotatable bonds is 92. The number of carbonyl (C=O) groups is 6. The molecular weight excluding hydrogens is 1460 g/mol. The predicted molar refractivity (Wildman–Crippen MR) is 499 cm³/mol. The van der Waals surface area contributed by atoms with Gasteiger partial charge in [-0.25, -0.2) is 0 Å². The van der Waals surface area contributed by atoms with Gasteiger partial charge in [0, 0.05) is 51.6 Å². The van der Waals surface area contributed by atoms with Crippen molar-refractivity contribution in [2.24, 2.45) is 0 Å². The monoisotopic (exact) mass is 1660 g/mol. The molecule has 0 rings (SSSR count). The van der Waals surface area contributed by atoms with Gasteiger partial charge in [-0.1, -0.05) is 453 Å². The van der Waals surface area contributed by atoms with Gasteiger partial charge in [-0.2, -0.15) is 0 Å². The van der Waals surface area contributed by atoms with Crippen molar-refractivity contribution < 1.29 is 67.0 Å². The molecule has 0 aromatic carbocycles. The molecule has 15 heteroatoms. The van der Waals surface area contributed by atoms with Gasteiger partial charge in [0.1, 0.15) is 65.8 Å². The number of nitrogens with two attached hydrogens (primary N) is 1. The fourth-order valence-corrected chi connectivity index (χ4v) is 14.6. The highest BCUT2D eigenvalue weighted by Crippen LogP contribution is 2.20. The molecule has 698 valence electrons. The van der Waals surface area contributed by atoms with Crippen molar-refractivity contribution in [2.45, 2.75) is 531 Å². The summed E-state index contributed by atoms with van der Waals surface area (Å²) in [5.41, 5.74) is 0. The molecule has 0 fully saturated rings. The number of likely N-dealkylation sites (N-methyl/N-ethyl adjacent to an activating group) is 1. The second-order valence-electron chi connectivity index (χ2n) is 34.7. The topological polar surface area (TPSA) is 186 Å². The van der Waals surface area contributed by atoms with E-state index in [0.717, 1.165) is 103 Å². The van der Waals surface area contributed by atoms with Gasteiger partial charge in [0.05, 0.1) is 14.1 Å². The number of hydrogen-bond acceptors (Lipinski definition) is 13. The molecule has 0 aliphatic rings. The van der Waals surface area contributed by atoms with Gasteiger partial charge in [-0.05, 0) is 38.5 Å². The first kappa shape index (κ1) is 120. The van der Waals surface area contributed by atoms with E-state index in [1.807, 2.05) is 19.2 Å². The summed E-state index contributed by atoms with van der Waals surface area (Å²) in [6.07, 6.45) is 90.8. The van der Waals surface area contributed by atoms with E-state index in [9.17, 15) is 28.8 Å². The predicted octanol–water partition coefficient (Wildman–Crippen LogP) is 28.5. The molecular formula is C102H205N3O12+2. The number of nitrogens with one attached hydrogen (secondary N) is 1. The summed E-state index contributed by atoms with van der Waals surface area (Å²) in [5, 5.41) is 5.20. The minimum Gasteiger partial charge on any atom is -0.464 e. The first-order valence-corrected chi connectivity index (χ1v) is 51.6. The molecule has 0 atom stereocenters. The Bertz CT molecular complexity index is 1900. The number of carbonyl (C=O) groups excluding carboxylic acids is 6. The van der Waals surface area contributed by atoms with E-state index in [0.29, 0.717) is 95.7 Å². The highest BCUT2D eigenvalue weighted by Gasteiger charge is 2.18. The van der Waals surface area contributed by atoms with E-state index in [4.69, 9.17) is 28.4 Å². The summed E-state index contributed by atoms with van der Waals surface area (Å²) < 4.78 is 32.8. The van der Waals surface area contributed by atoms with Gasteiger partial charge in [0.25, 0.3) is 0 Å². The molecule has 0 bridgehead atoms. The zero-order valence-electron chi connectivity index (χ0n) is 80.2. The highest BCUT2D eigenvalue weighted by atomic mass is 16.6. The Kier molecular flexibility index (Phi) is 110. The van der Waals surface area contributed by atoms with Crippen molar-refractivity contribution in [1.82, 2.24) is 5.32 Å². The van der Waals surface area contributed by atoms with E-state index in [-0.39, 0.29) is 35.8 Å². The van der Waals surface area contributed by atoms with Crippen LogP contribution in [0.3, 0.4) is 0 Å². The van der Waals surface area contributed by atoms with Gasteiger partial charge in [-0.15, -0.1) is 0 Å². The number of unbranched alkanes of at least 4 members (excludes halogenated alkanes) is 62. The average Bonchev–Trinajstić information content (AvgIpc) is 0.929. The molecule has 3 N–H and O–H groups in total. The molecule has 0 aliphatic heterocycles. The highest BCUT2D eigenvalue weighted by molar-refractivity contribution is 5.71. The lowest BCUT2D eigenvalue weighted by molar-refractivity contribution is -0.890. The van der Waals surface area contributed by atoms with Crippen LogP contribution in [0.15, 0.2) is 0 Å². The smallest absolute Gasteiger partial charge is 0.305 e. The second kappa shape index (κ2) is 107. The Balaban J connectivity index is -0.000000820. The molecule has 0 heterocycles. The van der Waals surface area contributed by atoms with Crippen LogP contribution in [0.1, 0.15) is 531 Å². The van der Waals surface area contributed by atoms with Crippen molar-refractivity contribution in [1.29, 1.82) is 0 Å². The minimum absolute atomic E-state index is 0.0751. The second-order valence-corrected chi connectivity index (χ2v) is 34.7. The van der Waals surface area contributed by atoms with Crippen LogP contribution in [-0.4, -0.2) is 133 Å². The van der Waals surface area contributed by atoms with E-state index < -0.39 is 0 Å². The number of quaternary nitrogens is 2. The molecule has 0 amide bonds. The SMILES string of the molecule is CC.CCCCCCCCCCCC(=O)OCC[NH2+]CCOC(=O)CCCCCCCCCCC.CCCCCCCCCCCCCC(=O)OCCNCCOC(=O)CCCCCCCCCCCCC.CCCCCCCCCCCCCCCCCC(=O)OCC[N+](C)(C)CCOC(=O)CCCCCCCCCCCCCCC. The van der Waals surface area contributed by atoms with Crippen LogP contribution < -0.4 is 10.6 Å². The lowest BCUT2D eigenvalue weighted by Crippen LogP contribution is -2.86. The summed E-state index contributed by atoms with van der Waals surface area (Å²) >= 11 is 0. The molecule has 0 aliphatic carbocycles. The number of esters is 6. The number of nitrogens with zero attached hydrogens (tertiary/aromatic N) is 1. The molecule has 0 saturated heterocycles.